The van der Waals surface area contributed by atoms with Gasteiger partial charge in [0.05, 0.1) is 6.20 Å². The predicted molar refractivity (Wildman–Crippen MR) is 62.2 cm³/mol. The largest absolute Gasteiger partial charge is 0.382 e. The van der Waals surface area contributed by atoms with Gasteiger partial charge in [-0.15, -0.1) is 0 Å². The number of aromatic amines is 1. The highest BCUT2D eigenvalue weighted by atomic mass is 16.3. The fraction of sp³-hybridized carbons (Fsp3) is 0.0833. The summed E-state index contributed by atoms with van der Waals surface area (Å²) in [5.41, 5.74) is 1.31. The average molecular weight is 226 g/mol. The minimum Gasteiger partial charge on any atom is -0.382 e. The van der Waals surface area contributed by atoms with Gasteiger partial charge in [-0.1, -0.05) is 18.2 Å². The van der Waals surface area contributed by atoms with Crippen LogP contribution in [0.4, 0.5) is 0 Å². The minimum atomic E-state index is -0.778. The Labute approximate surface area is 97.1 Å². The molecule has 2 heterocycles. The molecular formula is C12H10N4O. The normalized spacial score (nSPS) is 12.8. The molecule has 0 aliphatic rings. The molecule has 0 bridgehead atoms. The highest BCUT2D eigenvalue weighted by molar-refractivity contribution is 5.85. The number of nitrogens with one attached hydrogen (secondary N) is 1. The fourth-order valence-corrected chi connectivity index (χ4v) is 1.89. The van der Waals surface area contributed by atoms with E-state index in [1.54, 1.807) is 12.4 Å². The maximum Gasteiger partial charge on any atom is 0.125 e. The van der Waals surface area contributed by atoms with Gasteiger partial charge < -0.3 is 5.11 Å². The van der Waals surface area contributed by atoms with E-state index in [2.05, 4.69) is 20.4 Å². The topological polar surface area (TPSA) is 74.7 Å². The Balaban J connectivity index is 2.17. The number of benzene rings is 1. The summed E-state index contributed by atoms with van der Waals surface area (Å²) in [6.07, 6.45) is 4.22. The van der Waals surface area contributed by atoms with Crippen LogP contribution in [0.2, 0.25) is 0 Å². The van der Waals surface area contributed by atoms with Gasteiger partial charge >= 0.3 is 0 Å². The fourth-order valence-electron chi connectivity index (χ4n) is 1.89. The van der Waals surface area contributed by atoms with Crippen LogP contribution >= 0.6 is 0 Å². The lowest BCUT2D eigenvalue weighted by Crippen LogP contribution is -2.01. The van der Waals surface area contributed by atoms with Crippen LogP contribution in [-0.4, -0.2) is 25.5 Å². The van der Waals surface area contributed by atoms with E-state index >= 15 is 0 Å². The number of pyridine rings is 1. The summed E-state index contributed by atoms with van der Waals surface area (Å²) in [6, 6.07) is 7.61. The zero-order valence-corrected chi connectivity index (χ0v) is 8.91. The quantitative estimate of drug-likeness (QED) is 0.693. The number of nitrogens with zero attached hydrogens (tertiary/aromatic N) is 3. The van der Waals surface area contributed by atoms with Crippen LogP contribution in [0.1, 0.15) is 17.4 Å². The Morgan fingerprint density at radius 3 is 2.94 bits per heavy atom. The number of H-pyrrole nitrogens is 1. The summed E-state index contributed by atoms with van der Waals surface area (Å²) in [6.45, 7) is 0. The van der Waals surface area contributed by atoms with Gasteiger partial charge in [0.25, 0.3) is 0 Å². The molecule has 0 saturated carbocycles. The van der Waals surface area contributed by atoms with Gasteiger partial charge in [-0.25, -0.2) is 0 Å². The van der Waals surface area contributed by atoms with E-state index in [1.807, 2.05) is 24.3 Å². The third kappa shape index (κ3) is 1.66. The Morgan fingerprint density at radius 2 is 2.12 bits per heavy atom. The van der Waals surface area contributed by atoms with Crippen molar-refractivity contribution in [1.82, 2.24) is 20.4 Å². The number of fused-ring (bicyclic) bond motifs is 1. The Hall–Kier alpha value is -2.27. The molecule has 0 aliphatic heterocycles. The van der Waals surface area contributed by atoms with Crippen molar-refractivity contribution in [2.45, 2.75) is 6.10 Å². The number of aromatic nitrogens is 4. The maximum atomic E-state index is 10.2. The van der Waals surface area contributed by atoms with Crippen LogP contribution in [0, 0.1) is 0 Å². The molecule has 2 N–H and O–H groups in total. The molecule has 0 saturated heterocycles. The molecule has 1 atom stereocenters. The van der Waals surface area contributed by atoms with Gasteiger partial charge in [-0.2, -0.15) is 15.4 Å². The molecule has 0 radical (unpaired) electrons. The first-order valence-corrected chi connectivity index (χ1v) is 5.22. The molecule has 3 rings (SSSR count). The highest BCUT2D eigenvalue weighted by Gasteiger charge is 2.15. The van der Waals surface area contributed by atoms with E-state index in [0.29, 0.717) is 5.69 Å². The second kappa shape index (κ2) is 3.95. The molecule has 0 amide bonds. The molecule has 0 aliphatic carbocycles. The first-order valence-electron chi connectivity index (χ1n) is 5.22. The zero-order chi connectivity index (χ0) is 11.7. The number of hydrogen-bond acceptors (Lipinski definition) is 4. The van der Waals surface area contributed by atoms with Crippen molar-refractivity contribution in [3.63, 3.8) is 0 Å². The van der Waals surface area contributed by atoms with E-state index in [9.17, 15) is 5.11 Å². The van der Waals surface area contributed by atoms with Gasteiger partial charge in [0.2, 0.25) is 0 Å². The molecule has 0 fully saturated rings. The summed E-state index contributed by atoms with van der Waals surface area (Å²) in [7, 11) is 0. The minimum absolute atomic E-state index is 0.509. The van der Waals surface area contributed by atoms with Gasteiger partial charge in [-0.05, 0) is 17.0 Å². The molecule has 3 aromatic rings. The smallest absolute Gasteiger partial charge is 0.125 e. The molecule has 84 valence electrons. The van der Waals surface area contributed by atoms with Crippen molar-refractivity contribution in [2.24, 2.45) is 0 Å². The van der Waals surface area contributed by atoms with Crippen molar-refractivity contribution < 1.29 is 5.11 Å². The van der Waals surface area contributed by atoms with E-state index in [-0.39, 0.29) is 0 Å². The Bertz CT molecular complexity index is 631. The standard InChI is InChI=1S/C12H10N4O/c17-12(11-7-14-16-15-11)10-3-1-2-8-6-13-5-4-9(8)10/h1-7,12,17H,(H,14,15,16). The average Bonchev–Trinajstić information content (AvgIpc) is 2.91. The summed E-state index contributed by atoms with van der Waals surface area (Å²) in [4.78, 5) is 4.06. The highest BCUT2D eigenvalue weighted by Crippen LogP contribution is 2.26. The lowest BCUT2D eigenvalue weighted by Gasteiger charge is -2.10. The van der Waals surface area contributed by atoms with E-state index in [0.717, 1.165) is 16.3 Å². The van der Waals surface area contributed by atoms with Gasteiger partial charge in [-0.3, -0.25) is 4.98 Å². The van der Waals surface area contributed by atoms with Crippen LogP contribution in [0.15, 0.2) is 42.9 Å². The lowest BCUT2D eigenvalue weighted by atomic mass is 10.0. The predicted octanol–water partition coefficient (Wildman–Crippen LogP) is 1.43. The summed E-state index contributed by atoms with van der Waals surface area (Å²) in [5.74, 6) is 0. The van der Waals surface area contributed by atoms with Crippen LogP contribution in [0.25, 0.3) is 10.8 Å². The monoisotopic (exact) mass is 226 g/mol. The van der Waals surface area contributed by atoms with Crippen molar-refractivity contribution in [3.8, 4) is 0 Å². The van der Waals surface area contributed by atoms with Gasteiger partial charge in [0, 0.05) is 17.8 Å². The Morgan fingerprint density at radius 1 is 1.18 bits per heavy atom. The van der Waals surface area contributed by atoms with Crippen molar-refractivity contribution in [1.29, 1.82) is 0 Å². The summed E-state index contributed by atoms with van der Waals surface area (Å²) in [5, 5.41) is 22.3. The third-order valence-corrected chi connectivity index (χ3v) is 2.72. The first-order chi connectivity index (χ1) is 8.36. The van der Waals surface area contributed by atoms with E-state index in [4.69, 9.17) is 0 Å². The SMILES string of the molecule is OC(c1cn[nH]n1)c1cccc2cnccc12. The first kappa shape index (κ1) is 9.92. The summed E-state index contributed by atoms with van der Waals surface area (Å²) < 4.78 is 0. The second-order valence-electron chi connectivity index (χ2n) is 3.74. The molecule has 17 heavy (non-hydrogen) atoms. The lowest BCUT2D eigenvalue weighted by molar-refractivity contribution is 0.217. The van der Waals surface area contributed by atoms with Crippen LogP contribution in [0.3, 0.4) is 0 Å². The maximum absolute atomic E-state index is 10.2. The number of rotatable bonds is 2. The molecule has 1 unspecified atom stereocenters. The zero-order valence-electron chi connectivity index (χ0n) is 8.91. The van der Waals surface area contributed by atoms with Crippen LogP contribution in [-0.2, 0) is 0 Å². The number of aliphatic hydroxyl groups is 1. The van der Waals surface area contributed by atoms with E-state index < -0.39 is 6.10 Å². The second-order valence-corrected chi connectivity index (χ2v) is 3.74. The number of hydrogen-bond donors (Lipinski definition) is 2. The molecule has 5 heteroatoms. The third-order valence-electron chi connectivity index (χ3n) is 2.72. The molecule has 1 aromatic carbocycles. The molecule has 2 aromatic heterocycles. The molecular weight excluding hydrogens is 216 g/mol. The van der Waals surface area contributed by atoms with Gasteiger partial charge in [0.1, 0.15) is 11.8 Å². The molecule has 0 spiro atoms. The molecule has 5 nitrogen and oxygen atoms in total. The van der Waals surface area contributed by atoms with E-state index in [1.165, 1.54) is 6.20 Å². The number of aliphatic hydroxyl groups excluding tert-OH is 1. The van der Waals surface area contributed by atoms with Crippen LogP contribution < -0.4 is 0 Å². The van der Waals surface area contributed by atoms with Crippen molar-refractivity contribution in [3.05, 3.63) is 54.1 Å². The van der Waals surface area contributed by atoms with Crippen molar-refractivity contribution >= 4 is 10.8 Å². The Kier molecular flexibility index (Phi) is 2.31. The van der Waals surface area contributed by atoms with Crippen molar-refractivity contribution in [2.75, 3.05) is 0 Å². The van der Waals surface area contributed by atoms with Crippen LogP contribution in [0.5, 0.6) is 0 Å². The van der Waals surface area contributed by atoms with Gasteiger partial charge in [0.15, 0.2) is 0 Å². The summed E-state index contributed by atoms with van der Waals surface area (Å²) >= 11 is 0.